The summed E-state index contributed by atoms with van der Waals surface area (Å²) in [6.07, 6.45) is -2.86. The van der Waals surface area contributed by atoms with Crippen LogP contribution in [0.4, 0.5) is 19.0 Å². The average molecular weight is 460 g/mol. The summed E-state index contributed by atoms with van der Waals surface area (Å²) in [5, 5.41) is 0.791. The molecular formula is C22H19F3N4O2S. The molecule has 0 bridgehead atoms. The number of aryl methyl sites for hydroxylation is 1. The fourth-order valence-corrected chi connectivity index (χ4v) is 4.83. The molecular weight excluding hydrogens is 441 g/mol. The molecule has 5 rings (SSSR count). The van der Waals surface area contributed by atoms with E-state index < -0.39 is 24.4 Å². The van der Waals surface area contributed by atoms with E-state index in [1.807, 2.05) is 25.1 Å². The third-order valence-electron chi connectivity index (χ3n) is 5.49. The van der Waals surface area contributed by atoms with Crippen LogP contribution in [0.1, 0.15) is 4.88 Å². The van der Waals surface area contributed by atoms with Crippen molar-refractivity contribution in [1.82, 2.24) is 15.0 Å². The summed E-state index contributed by atoms with van der Waals surface area (Å²) in [5.74, 6) is 0.118. The fourth-order valence-electron chi connectivity index (χ4n) is 3.99. The molecule has 1 fully saturated rings. The van der Waals surface area contributed by atoms with Crippen LogP contribution in [0.2, 0.25) is 0 Å². The molecule has 0 aliphatic carbocycles. The van der Waals surface area contributed by atoms with Crippen molar-refractivity contribution >= 4 is 28.2 Å². The van der Waals surface area contributed by atoms with Crippen LogP contribution in [0, 0.1) is 6.92 Å². The second kappa shape index (κ2) is 7.79. The fraction of sp³-hybridized carbons (Fsp3) is 0.273. The molecule has 5 heterocycles. The lowest BCUT2D eigenvalue weighted by Gasteiger charge is -2.37. The molecule has 166 valence electrons. The van der Waals surface area contributed by atoms with Gasteiger partial charge in [0, 0.05) is 29.1 Å². The molecule has 0 spiro atoms. The molecule has 1 atom stereocenters. The summed E-state index contributed by atoms with van der Waals surface area (Å²) in [6.45, 7) is 1.73. The van der Waals surface area contributed by atoms with Crippen molar-refractivity contribution < 1.29 is 17.9 Å². The number of hydrogen-bond donors (Lipinski definition) is 2. The van der Waals surface area contributed by atoms with Gasteiger partial charge in [-0.15, -0.1) is 11.3 Å². The van der Waals surface area contributed by atoms with E-state index in [2.05, 4.69) is 15.0 Å². The number of fused-ring (bicyclic) bond motifs is 1. The SMILES string of the molecule is Cc1ccc(-c2cc3c(-c4cc(N5CCOCC5C(F)(F)F)[nH]c(=O)c4)ccnc3[nH]2)s1. The number of hydrogen-bond acceptors (Lipinski definition) is 5. The normalized spacial score (nSPS) is 17.2. The van der Waals surface area contributed by atoms with Crippen LogP contribution < -0.4 is 10.5 Å². The number of nitrogens with one attached hydrogen (secondary N) is 2. The summed E-state index contributed by atoms with van der Waals surface area (Å²) in [7, 11) is 0. The lowest BCUT2D eigenvalue weighted by Crippen LogP contribution is -2.54. The van der Waals surface area contributed by atoms with Gasteiger partial charge in [0.05, 0.1) is 23.8 Å². The first kappa shape index (κ1) is 20.8. The molecule has 1 saturated heterocycles. The van der Waals surface area contributed by atoms with E-state index in [0.717, 1.165) is 26.4 Å². The standard InChI is InChI=1S/C22H19F3N4O2S/c1-12-2-3-17(32-12)16-10-15-14(4-5-26-21(15)27-16)13-8-19(28-20(30)9-13)29-6-7-31-11-18(29)22(23,24)25/h2-5,8-10,18H,6-7,11H2,1H3,(H,26,27)(H,28,30). The third-order valence-corrected chi connectivity index (χ3v) is 6.53. The molecule has 6 nitrogen and oxygen atoms in total. The zero-order valence-electron chi connectivity index (χ0n) is 17.0. The highest BCUT2D eigenvalue weighted by molar-refractivity contribution is 7.15. The van der Waals surface area contributed by atoms with Crippen molar-refractivity contribution in [2.45, 2.75) is 19.1 Å². The maximum absolute atomic E-state index is 13.5. The highest BCUT2D eigenvalue weighted by Crippen LogP contribution is 2.35. The number of aromatic amines is 2. The summed E-state index contributed by atoms with van der Waals surface area (Å²) >= 11 is 1.64. The summed E-state index contributed by atoms with van der Waals surface area (Å²) in [6, 6.07) is 8.93. The van der Waals surface area contributed by atoms with Crippen LogP contribution in [0.15, 0.2) is 47.4 Å². The van der Waals surface area contributed by atoms with Crippen LogP contribution in [0.25, 0.3) is 32.7 Å². The van der Waals surface area contributed by atoms with E-state index in [1.165, 1.54) is 10.9 Å². The number of rotatable bonds is 3. The van der Waals surface area contributed by atoms with Gasteiger partial charge >= 0.3 is 6.18 Å². The Kier molecular flexibility index (Phi) is 5.06. The van der Waals surface area contributed by atoms with Gasteiger partial charge in [0.1, 0.15) is 17.5 Å². The van der Waals surface area contributed by atoms with E-state index in [0.29, 0.717) is 11.2 Å². The van der Waals surface area contributed by atoms with E-state index in [4.69, 9.17) is 4.74 Å². The summed E-state index contributed by atoms with van der Waals surface area (Å²) < 4.78 is 45.7. The molecule has 32 heavy (non-hydrogen) atoms. The first-order valence-electron chi connectivity index (χ1n) is 10.00. The average Bonchev–Trinajstić information content (AvgIpc) is 3.38. The predicted octanol–water partition coefficient (Wildman–Crippen LogP) is 4.72. The Morgan fingerprint density at radius 2 is 2.03 bits per heavy atom. The summed E-state index contributed by atoms with van der Waals surface area (Å²) in [5.41, 5.74) is 2.31. The van der Waals surface area contributed by atoms with Gasteiger partial charge in [0.2, 0.25) is 5.56 Å². The van der Waals surface area contributed by atoms with Crippen LogP contribution >= 0.6 is 11.3 Å². The second-order valence-corrected chi connectivity index (χ2v) is 8.95. The van der Waals surface area contributed by atoms with E-state index in [-0.39, 0.29) is 19.0 Å². The smallest absolute Gasteiger partial charge is 0.377 e. The third kappa shape index (κ3) is 3.80. The highest BCUT2D eigenvalue weighted by atomic mass is 32.1. The van der Waals surface area contributed by atoms with E-state index >= 15 is 0 Å². The topological polar surface area (TPSA) is 74.0 Å². The van der Waals surface area contributed by atoms with Gasteiger partial charge in [-0.2, -0.15) is 13.2 Å². The van der Waals surface area contributed by atoms with Gasteiger partial charge < -0.3 is 19.6 Å². The number of alkyl halides is 3. The molecule has 4 aromatic rings. The van der Waals surface area contributed by atoms with Gasteiger partial charge in [-0.05, 0) is 48.4 Å². The molecule has 1 unspecified atom stereocenters. The van der Waals surface area contributed by atoms with Gasteiger partial charge in [-0.1, -0.05) is 0 Å². The van der Waals surface area contributed by atoms with Crippen molar-refractivity contribution in [1.29, 1.82) is 0 Å². The quantitative estimate of drug-likeness (QED) is 0.464. The molecule has 0 radical (unpaired) electrons. The molecule has 0 aromatic carbocycles. The van der Waals surface area contributed by atoms with Gasteiger partial charge in [0.15, 0.2) is 0 Å². The minimum Gasteiger partial charge on any atom is -0.377 e. The molecule has 0 saturated carbocycles. The number of pyridine rings is 2. The molecule has 1 aliphatic rings. The lowest BCUT2D eigenvalue weighted by atomic mass is 10.0. The molecule has 1 aliphatic heterocycles. The molecule has 4 aromatic heterocycles. The Labute approximate surface area is 184 Å². The first-order valence-corrected chi connectivity index (χ1v) is 10.8. The zero-order valence-corrected chi connectivity index (χ0v) is 17.8. The Morgan fingerprint density at radius 1 is 1.19 bits per heavy atom. The Bertz CT molecular complexity index is 1340. The number of halogens is 3. The molecule has 2 N–H and O–H groups in total. The number of thiophene rings is 1. The lowest BCUT2D eigenvalue weighted by molar-refractivity contribution is -0.167. The van der Waals surface area contributed by atoms with Crippen LogP contribution in [-0.4, -0.2) is 46.9 Å². The Hall–Kier alpha value is -3.11. The number of H-pyrrole nitrogens is 2. The van der Waals surface area contributed by atoms with Gasteiger partial charge in [-0.25, -0.2) is 4.98 Å². The highest BCUT2D eigenvalue weighted by Gasteiger charge is 2.45. The second-order valence-electron chi connectivity index (χ2n) is 7.66. The van der Waals surface area contributed by atoms with Crippen LogP contribution in [0.3, 0.4) is 0 Å². The maximum Gasteiger partial charge on any atom is 0.411 e. The minimum absolute atomic E-state index is 0.0291. The molecule has 10 heteroatoms. The van der Waals surface area contributed by atoms with Crippen molar-refractivity contribution in [3.63, 3.8) is 0 Å². The largest absolute Gasteiger partial charge is 0.411 e. The first-order chi connectivity index (χ1) is 15.3. The summed E-state index contributed by atoms with van der Waals surface area (Å²) in [4.78, 5) is 26.1. The van der Waals surface area contributed by atoms with Crippen LogP contribution in [0.5, 0.6) is 0 Å². The molecule has 0 amide bonds. The van der Waals surface area contributed by atoms with Gasteiger partial charge in [0.25, 0.3) is 0 Å². The van der Waals surface area contributed by atoms with Crippen molar-refractivity contribution in [2.75, 3.05) is 24.7 Å². The van der Waals surface area contributed by atoms with Gasteiger partial charge in [-0.3, -0.25) is 4.79 Å². The van der Waals surface area contributed by atoms with Crippen LogP contribution in [-0.2, 0) is 4.74 Å². The van der Waals surface area contributed by atoms with E-state index in [9.17, 15) is 18.0 Å². The monoisotopic (exact) mass is 460 g/mol. The van der Waals surface area contributed by atoms with Crippen molar-refractivity contribution in [2.24, 2.45) is 0 Å². The number of morpholine rings is 1. The zero-order chi connectivity index (χ0) is 22.5. The van der Waals surface area contributed by atoms with E-state index in [1.54, 1.807) is 29.7 Å². The number of aromatic nitrogens is 3. The van der Waals surface area contributed by atoms with Crippen molar-refractivity contribution in [3.05, 3.63) is 57.8 Å². The Morgan fingerprint density at radius 3 is 2.78 bits per heavy atom. The minimum atomic E-state index is -4.48. The maximum atomic E-state index is 13.5. The number of nitrogens with zero attached hydrogens (tertiary/aromatic N) is 2. The number of ether oxygens (including phenoxy) is 1. The number of anilines is 1. The Balaban J connectivity index is 1.60. The van der Waals surface area contributed by atoms with Crippen molar-refractivity contribution in [3.8, 4) is 21.7 Å². The predicted molar refractivity (Wildman–Crippen MR) is 118 cm³/mol.